The van der Waals surface area contributed by atoms with Crippen molar-refractivity contribution in [1.29, 1.82) is 5.26 Å². The number of piperidine rings is 1. The summed E-state index contributed by atoms with van der Waals surface area (Å²) in [6, 6.07) is 7.09. The molecule has 1 saturated heterocycles. The molecule has 0 bridgehead atoms. The van der Waals surface area contributed by atoms with Crippen LogP contribution in [0.25, 0.3) is 0 Å². The van der Waals surface area contributed by atoms with Crippen LogP contribution in [0.3, 0.4) is 0 Å². The fourth-order valence-electron chi connectivity index (χ4n) is 2.59. The molecule has 0 radical (unpaired) electrons. The number of carbonyl (C=O) groups is 2. The van der Waals surface area contributed by atoms with Gasteiger partial charge in [-0.1, -0.05) is 0 Å². The van der Waals surface area contributed by atoms with Crippen LogP contribution in [0.4, 0.5) is 5.69 Å². The Balaban J connectivity index is 2.37. The Morgan fingerprint density at radius 3 is 2.80 bits per heavy atom. The van der Waals surface area contributed by atoms with Gasteiger partial charge in [-0.05, 0) is 38.0 Å². The van der Waals surface area contributed by atoms with E-state index in [0.29, 0.717) is 17.7 Å². The predicted molar refractivity (Wildman–Crippen MR) is 75.3 cm³/mol. The van der Waals surface area contributed by atoms with Crippen LogP contribution >= 0.6 is 0 Å². The van der Waals surface area contributed by atoms with Gasteiger partial charge in [0, 0.05) is 24.3 Å². The van der Waals surface area contributed by atoms with Crippen molar-refractivity contribution in [3.8, 4) is 6.07 Å². The lowest BCUT2D eigenvalue weighted by atomic mass is 9.95. The third kappa shape index (κ3) is 2.80. The molecular weight excluding hydrogens is 254 g/mol. The fraction of sp³-hybridized carbons (Fsp3) is 0.400. The maximum Gasteiger partial charge on any atom is 0.222 e. The molecule has 2 rings (SSSR count). The molecule has 1 aromatic rings. The van der Waals surface area contributed by atoms with Crippen LogP contribution in [0.1, 0.15) is 35.7 Å². The lowest BCUT2D eigenvalue weighted by Crippen LogP contribution is -2.41. The standard InChI is InChI=1S/C15H17N3O2/c1-10(19)13-5-4-11(8-16)7-14(13)18-6-2-3-12(9-18)15(17)20/h4-5,7,12H,2-3,6,9H2,1H3,(H2,17,20). The van der Waals surface area contributed by atoms with E-state index in [1.54, 1.807) is 18.2 Å². The van der Waals surface area contributed by atoms with Gasteiger partial charge in [-0.25, -0.2) is 0 Å². The molecule has 2 N–H and O–H groups in total. The number of nitriles is 1. The molecule has 1 heterocycles. The Bertz CT molecular complexity index is 589. The highest BCUT2D eigenvalue weighted by Gasteiger charge is 2.26. The van der Waals surface area contributed by atoms with E-state index in [2.05, 4.69) is 6.07 Å². The lowest BCUT2D eigenvalue weighted by molar-refractivity contribution is -0.122. The summed E-state index contributed by atoms with van der Waals surface area (Å²) in [5.74, 6) is -0.560. The molecule has 1 unspecified atom stereocenters. The second-order valence-electron chi connectivity index (χ2n) is 5.09. The van der Waals surface area contributed by atoms with Crippen molar-refractivity contribution in [2.75, 3.05) is 18.0 Å². The number of anilines is 1. The Morgan fingerprint density at radius 1 is 1.45 bits per heavy atom. The Hall–Kier alpha value is -2.35. The number of primary amides is 1. The quantitative estimate of drug-likeness (QED) is 0.843. The zero-order valence-electron chi connectivity index (χ0n) is 11.4. The van der Waals surface area contributed by atoms with Gasteiger partial charge in [0.1, 0.15) is 0 Å². The number of rotatable bonds is 3. The molecule has 5 heteroatoms. The zero-order chi connectivity index (χ0) is 14.7. The van der Waals surface area contributed by atoms with E-state index >= 15 is 0 Å². The van der Waals surface area contributed by atoms with Crippen molar-refractivity contribution in [2.45, 2.75) is 19.8 Å². The maximum absolute atomic E-state index is 11.7. The van der Waals surface area contributed by atoms with Gasteiger partial charge in [0.05, 0.1) is 17.6 Å². The molecule has 0 aromatic heterocycles. The van der Waals surface area contributed by atoms with Crippen molar-refractivity contribution < 1.29 is 9.59 Å². The molecule has 5 nitrogen and oxygen atoms in total. The first-order valence-electron chi connectivity index (χ1n) is 6.62. The first kappa shape index (κ1) is 14.1. The first-order valence-corrected chi connectivity index (χ1v) is 6.62. The highest BCUT2D eigenvalue weighted by atomic mass is 16.1. The van der Waals surface area contributed by atoms with E-state index in [1.165, 1.54) is 6.92 Å². The van der Waals surface area contributed by atoms with Crippen LogP contribution in [0.15, 0.2) is 18.2 Å². The monoisotopic (exact) mass is 271 g/mol. The van der Waals surface area contributed by atoms with Gasteiger partial charge in [-0.3, -0.25) is 9.59 Å². The number of hydrogen-bond acceptors (Lipinski definition) is 4. The van der Waals surface area contributed by atoms with Crippen LogP contribution in [0, 0.1) is 17.2 Å². The summed E-state index contributed by atoms with van der Waals surface area (Å²) in [4.78, 5) is 25.1. The van der Waals surface area contributed by atoms with Gasteiger partial charge in [-0.15, -0.1) is 0 Å². The number of hydrogen-bond donors (Lipinski definition) is 1. The molecule has 0 saturated carbocycles. The van der Waals surface area contributed by atoms with Gasteiger partial charge < -0.3 is 10.6 Å². The fourth-order valence-corrected chi connectivity index (χ4v) is 2.59. The number of amides is 1. The zero-order valence-corrected chi connectivity index (χ0v) is 11.4. The predicted octanol–water partition coefficient (Wildman–Crippen LogP) is 1.46. The van der Waals surface area contributed by atoms with E-state index in [0.717, 1.165) is 25.1 Å². The summed E-state index contributed by atoms with van der Waals surface area (Å²) < 4.78 is 0. The normalized spacial score (nSPS) is 18.4. The van der Waals surface area contributed by atoms with E-state index in [4.69, 9.17) is 11.0 Å². The molecule has 1 amide bonds. The smallest absolute Gasteiger partial charge is 0.222 e. The summed E-state index contributed by atoms with van der Waals surface area (Å²) in [6.07, 6.45) is 1.63. The minimum absolute atomic E-state index is 0.0503. The van der Waals surface area contributed by atoms with Crippen molar-refractivity contribution in [3.63, 3.8) is 0 Å². The topological polar surface area (TPSA) is 87.2 Å². The minimum Gasteiger partial charge on any atom is -0.370 e. The molecule has 1 atom stereocenters. The first-order chi connectivity index (χ1) is 9.52. The number of nitrogens with zero attached hydrogens (tertiary/aromatic N) is 2. The summed E-state index contributed by atoms with van der Waals surface area (Å²) in [5, 5.41) is 9.00. The third-order valence-corrected chi connectivity index (χ3v) is 3.67. The molecule has 1 aromatic carbocycles. The van der Waals surface area contributed by atoms with Crippen molar-refractivity contribution in [2.24, 2.45) is 11.7 Å². The van der Waals surface area contributed by atoms with E-state index in [1.807, 2.05) is 4.90 Å². The van der Waals surface area contributed by atoms with Gasteiger partial charge in [0.15, 0.2) is 5.78 Å². The van der Waals surface area contributed by atoms with Crippen LogP contribution in [0.2, 0.25) is 0 Å². The number of carbonyl (C=O) groups excluding carboxylic acids is 2. The second kappa shape index (κ2) is 5.74. The summed E-state index contributed by atoms with van der Waals surface area (Å²) in [6.45, 7) is 2.77. The second-order valence-corrected chi connectivity index (χ2v) is 5.09. The minimum atomic E-state index is -0.310. The molecule has 1 fully saturated rings. The summed E-state index contributed by atoms with van der Waals surface area (Å²) in [5.41, 5.74) is 7.18. The molecule has 20 heavy (non-hydrogen) atoms. The molecule has 0 aliphatic carbocycles. The summed E-state index contributed by atoms with van der Waals surface area (Å²) >= 11 is 0. The number of benzene rings is 1. The molecule has 0 spiro atoms. The maximum atomic E-state index is 11.7. The molecule has 104 valence electrons. The Morgan fingerprint density at radius 2 is 2.20 bits per heavy atom. The lowest BCUT2D eigenvalue weighted by Gasteiger charge is -2.34. The average Bonchev–Trinajstić information content (AvgIpc) is 2.46. The van der Waals surface area contributed by atoms with Crippen molar-refractivity contribution >= 4 is 17.4 Å². The van der Waals surface area contributed by atoms with Crippen LogP contribution in [-0.2, 0) is 4.79 Å². The van der Waals surface area contributed by atoms with E-state index in [9.17, 15) is 9.59 Å². The molecular formula is C15H17N3O2. The highest BCUT2D eigenvalue weighted by Crippen LogP contribution is 2.27. The van der Waals surface area contributed by atoms with E-state index < -0.39 is 0 Å². The number of ketones is 1. The summed E-state index contributed by atoms with van der Waals surface area (Å²) in [7, 11) is 0. The number of Topliss-reactive ketones (excluding diaryl/α,β-unsaturated/α-hetero) is 1. The van der Waals surface area contributed by atoms with Gasteiger partial charge in [-0.2, -0.15) is 5.26 Å². The molecule has 1 aliphatic heterocycles. The van der Waals surface area contributed by atoms with E-state index in [-0.39, 0.29) is 17.6 Å². The van der Waals surface area contributed by atoms with Crippen molar-refractivity contribution in [3.05, 3.63) is 29.3 Å². The largest absolute Gasteiger partial charge is 0.370 e. The van der Waals surface area contributed by atoms with Gasteiger partial charge >= 0.3 is 0 Å². The number of nitrogens with two attached hydrogens (primary N) is 1. The van der Waals surface area contributed by atoms with Gasteiger partial charge in [0.2, 0.25) is 5.91 Å². The molecule has 1 aliphatic rings. The van der Waals surface area contributed by atoms with Crippen LogP contribution in [-0.4, -0.2) is 24.8 Å². The van der Waals surface area contributed by atoms with Crippen LogP contribution < -0.4 is 10.6 Å². The van der Waals surface area contributed by atoms with Gasteiger partial charge in [0.25, 0.3) is 0 Å². The average molecular weight is 271 g/mol. The third-order valence-electron chi connectivity index (χ3n) is 3.67. The highest BCUT2D eigenvalue weighted by molar-refractivity contribution is 6.00. The Kier molecular flexibility index (Phi) is 4.04. The van der Waals surface area contributed by atoms with Crippen molar-refractivity contribution in [1.82, 2.24) is 0 Å². The Labute approximate surface area is 118 Å². The van der Waals surface area contributed by atoms with Crippen LogP contribution in [0.5, 0.6) is 0 Å². The SMILES string of the molecule is CC(=O)c1ccc(C#N)cc1N1CCCC(C(N)=O)C1.